The lowest BCUT2D eigenvalue weighted by Gasteiger charge is -2.37. The van der Waals surface area contributed by atoms with Gasteiger partial charge in [-0.3, -0.25) is 4.79 Å². The molecular formula is C26H32F4N2O2. The van der Waals surface area contributed by atoms with Crippen molar-refractivity contribution in [3.63, 3.8) is 0 Å². The van der Waals surface area contributed by atoms with E-state index < -0.39 is 17.6 Å². The minimum atomic E-state index is -4.62. The van der Waals surface area contributed by atoms with Gasteiger partial charge in [0.15, 0.2) is 0 Å². The minimum Gasteiger partial charge on any atom is -0.493 e. The lowest BCUT2D eigenvalue weighted by Crippen LogP contribution is -2.46. The molecular weight excluding hydrogens is 448 g/mol. The molecule has 186 valence electrons. The smallest absolute Gasteiger partial charge is 0.416 e. The van der Waals surface area contributed by atoms with Gasteiger partial charge in [-0.15, -0.1) is 0 Å². The highest BCUT2D eigenvalue weighted by Gasteiger charge is 2.32. The first-order valence-corrected chi connectivity index (χ1v) is 11.6. The van der Waals surface area contributed by atoms with E-state index in [1.165, 1.54) is 0 Å². The third-order valence-electron chi connectivity index (χ3n) is 6.03. The summed E-state index contributed by atoms with van der Waals surface area (Å²) in [6.07, 6.45) is -3.04. The van der Waals surface area contributed by atoms with Crippen LogP contribution >= 0.6 is 0 Å². The molecule has 2 aromatic rings. The molecule has 0 spiro atoms. The zero-order chi connectivity index (χ0) is 24.9. The van der Waals surface area contributed by atoms with Crippen molar-refractivity contribution < 1.29 is 27.1 Å². The normalized spacial score (nSPS) is 15.5. The van der Waals surface area contributed by atoms with Crippen LogP contribution in [0.4, 0.5) is 17.6 Å². The van der Waals surface area contributed by atoms with Crippen LogP contribution in [-0.2, 0) is 23.9 Å². The van der Waals surface area contributed by atoms with Gasteiger partial charge in [-0.25, -0.2) is 4.39 Å². The van der Waals surface area contributed by atoms with Crippen LogP contribution in [0, 0.1) is 11.7 Å². The predicted octanol–water partition coefficient (Wildman–Crippen LogP) is 5.54. The topological polar surface area (TPSA) is 32.8 Å². The Bertz CT molecular complexity index is 952. The number of piperidine rings is 1. The molecule has 4 nitrogen and oxygen atoms in total. The molecule has 3 rings (SSSR count). The molecule has 0 N–H and O–H groups in total. The Balaban J connectivity index is 1.76. The van der Waals surface area contributed by atoms with Gasteiger partial charge >= 0.3 is 6.18 Å². The van der Waals surface area contributed by atoms with E-state index in [1.54, 1.807) is 4.90 Å². The second kappa shape index (κ2) is 11.2. The third kappa shape index (κ3) is 7.19. The van der Waals surface area contributed by atoms with Gasteiger partial charge in [0.2, 0.25) is 5.91 Å². The molecule has 0 atom stereocenters. The molecule has 8 heteroatoms. The lowest BCUT2D eigenvalue weighted by atomic mass is 10.0. The van der Waals surface area contributed by atoms with E-state index in [4.69, 9.17) is 4.74 Å². The van der Waals surface area contributed by atoms with Crippen molar-refractivity contribution in [3.05, 3.63) is 65.0 Å². The number of likely N-dealkylation sites (tertiary alicyclic amines) is 1. The Morgan fingerprint density at radius 1 is 1.12 bits per heavy atom. The van der Waals surface area contributed by atoms with Gasteiger partial charge < -0.3 is 14.5 Å². The van der Waals surface area contributed by atoms with Crippen LogP contribution in [-0.4, -0.2) is 48.5 Å². The molecule has 0 aromatic heterocycles. The maximum atomic E-state index is 14.6. The van der Waals surface area contributed by atoms with Gasteiger partial charge in [-0.1, -0.05) is 32.0 Å². The average molecular weight is 481 g/mol. The summed E-state index contributed by atoms with van der Waals surface area (Å²) in [6.45, 7) is 6.25. The van der Waals surface area contributed by atoms with Gasteiger partial charge in [0.05, 0.1) is 18.6 Å². The number of benzene rings is 2. The Morgan fingerprint density at radius 3 is 2.32 bits per heavy atom. The first-order chi connectivity index (χ1) is 16.0. The van der Waals surface area contributed by atoms with Crippen molar-refractivity contribution in [1.82, 2.24) is 9.80 Å². The summed E-state index contributed by atoms with van der Waals surface area (Å²) in [4.78, 5) is 17.1. The molecule has 1 amide bonds. The van der Waals surface area contributed by atoms with E-state index in [9.17, 15) is 22.4 Å². The fourth-order valence-electron chi connectivity index (χ4n) is 4.01. The molecule has 1 heterocycles. The van der Waals surface area contributed by atoms with Gasteiger partial charge in [-0.05, 0) is 68.7 Å². The highest BCUT2D eigenvalue weighted by molar-refractivity contribution is 5.79. The fourth-order valence-corrected chi connectivity index (χ4v) is 4.01. The van der Waals surface area contributed by atoms with Gasteiger partial charge in [0.25, 0.3) is 0 Å². The number of carbonyl (C=O) groups excluding carboxylic acids is 1. The maximum Gasteiger partial charge on any atom is 0.416 e. The molecule has 0 radical (unpaired) electrons. The number of carbonyl (C=O) groups is 1. The zero-order valence-corrected chi connectivity index (χ0v) is 19.9. The van der Waals surface area contributed by atoms with Crippen LogP contribution in [0.2, 0.25) is 0 Å². The number of halogens is 4. The zero-order valence-electron chi connectivity index (χ0n) is 19.9. The summed E-state index contributed by atoms with van der Waals surface area (Å²) in [5.74, 6) is -0.00394. The number of nitrogens with zero attached hydrogens (tertiary/aromatic N) is 2. The average Bonchev–Trinajstić information content (AvgIpc) is 2.78. The fraction of sp³-hybridized carbons (Fsp3) is 0.500. The summed E-state index contributed by atoms with van der Waals surface area (Å²) in [6, 6.07) is 9.71. The van der Waals surface area contributed by atoms with Gasteiger partial charge in [0, 0.05) is 18.2 Å². The second-order valence-electron chi connectivity index (χ2n) is 9.39. The standard InChI is InChI=1S/C26H32F4N2O2/c1-18(2)17-34-23-8-4-19(5-9-23)14-25(33)32(22-10-12-31(3)13-11-22)16-20-6-7-21(15-24(20)27)26(28,29)30/h4-9,15,18,22H,10-14,16-17H2,1-3H3. The highest BCUT2D eigenvalue weighted by atomic mass is 19.4. The van der Waals surface area contributed by atoms with E-state index >= 15 is 0 Å². The van der Waals surface area contributed by atoms with E-state index in [0.29, 0.717) is 18.6 Å². The number of hydrogen-bond acceptors (Lipinski definition) is 3. The van der Waals surface area contributed by atoms with Crippen LogP contribution in [0.5, 0.6) is 5.75 Å². The Hall–Kier alpha value is -2.61. The summed E-state index contributed by atoms with van der Waals surface area (Å²) < 4.78 is 59.1. The summed E-state index contributed by atoms with van der Waals surface area (Å²) >= 11 is 0. The van der Waals surface area contributed by atoms with E-state index in [-0.39, 0.29) is 30.5 Å². The quantitative estimate of drug-likeness (QED) is 0.465. The Labute approximate surface area is 198 Å². The van der Waals surface area contributed by atoms with Crippen LogP contribution in [0.3, 0.4) is 0 Å². The number of ether oxygens (including phenoxy) is 1. The molecule has 0 bridgehead atoms. The van der Waals surface area contributed by atoms with Crippen LogP contribution in [0.1, 0.15) is 43.4 Å². The van der Waals surface area contributed by atoms with Crippen molar-refractivity contribution in [2.45, 2.75) is 51.9 Å². The molecule has 0 saturated carbocycles. The van der Waals surface area contributed by atoms with Crippen molar-refractivity contribution in [3.8, 4) is 5.75 Å². The predicted molar refractivity (Wildman–Crippen MR) is 123 cm³/mol. The molecule has 1 aliphatic rings. The second-order valence-corrected chi connectivity index (χ2v) is 9.39. The minimum absolute atomic E-state index is 0.0627. The van der Waals surface area contributed by atoms with Crippen LogP contribution < -0.4 is 4.74 Å². The highest BCUT2D eigenvalue weighted by Crippen LogP contribution is 2.31. The molecule has 1 aliphatic heterocycles. The summed E-state index contributed by atoms with van der Waals surface area (Å²) in [5, 5.41) is 0. The molecule has 0 unspecified atom stereocenters. The number of amides is 1. The number of hydrogen-bond donors (Lipinski definition) is 0. The third-order valence-corrected chi connectivity index (χ3v) is 6.03. The van der Waals surface area contributed by atoms with Crippen LogP contribution in [0.15, 0.2) is 42.5 Å². The largest absolute Gasteiger partial charge is 0.493 e. The van der Waals surface area contributed by atoms with Crippen LogP contribution in [0.25, 0.3) is 0 Å². The van der Waals surface area contributed by atoms with Gasteiger partial charge in [0.1, 0.15) is 11.6 Å². The first-order valence-electron chi connectivity index (χ1n) is 11.6. The lowest BCUT2D eigenvalue weighted by molar-refractivity contribution is -0.138. The van der Waals surface area contributed by atoms with Crippen molar-refractivity contribution in [2.24, 2.45) is 5.92 Å². The molecule has 1 fully saturated rings. The van der Waals surface area contributed by atoms with Crippen molar-refractivity contribution >= 4 is 5.91 Å². The number of rotatable bonds is 8. The maximum absolute atomic E-state index is 14.6. The molecule has 0 aliphatic carbocycles. The van der Waals surface area contributed by atoms with Gasteiger partial charge in [-0.2, -0.15) is 13.2 Å². The van der Waals surface area contributed by atoms with E-state index in [1.807, 2.05) is 31.3 Å². The Morgan fingerprint density at radius 2 is 1.76 bits per heavy atom. The van der Waals surface area contributed by atoms with Crippen molar-refractivity contribution in [1.29, 1.82) is 0 Å². The molecule has 1 saturated heterocycles. The SMILES string of the molecule is CC(C)COc1ccc(CC(=O)N(Cc2ccc(C(F)(F)F)cc2F)C2CCN(C)CC2)cc1. The van der Waals surface area contributed by atoms with E-state index in [2.05, 4.69) is 18.7 Å². The first kappa shape index (κ1) is 26.0. The van der Waals surface area contributed by atoms with E-state index in [0.717, 1.165) is 49.4 Å². The summed E-state index contributed by atoms with van der Waals surface area (Å²) in [7, 11) is 2.00. The summed E-state index contributed by atoms with van der Waals surface area (Å²) in [5.41, 5.74) is -0.156. The monoisotopic (exact) mass is 480 g/mol. The number of alkyl halides is 3. The Kier molecular flexibility index (Phi) is 8.57. The molecule has 2 aromatic carbocycles. The molecule has 34 heavy (non-hydrogen) atoms. The van der Waals surface area contributed by atoms with Crippen molar-refractivity contribution in [2.75, 3.05) is 26.7 Å².